The van der Waals surface area contributed by atoms with Crippen molar-refractivity contribution >= 4 is 17.3 Å². The van der Waals surface area contributed by atoms with E-state index in [4.69, 9.17) is 10.5 Å². The molecule has 2 aromatic carbocycles. The molecule has 0 spiro atoms. The van der Waals surface area contributed by atoms with Gasteiger partial charge in [-0.2, -0.15) is 0 Å². The number of carbonyl (C=O) groups excluding carboxylic acids is 1. The Labute approximate surface area is 134 Å². The highest BCUT2D eigenvalue weighted by Crippen LogP contribution is 2.38. The van der Waals surface area contributed by atoms with Gasteiger partial charge in [0.1, 0.15) is 11.6 Å². The Hall–Kier alpha value is -2.56. The Bertz CT molecular complexity index is 746. The SMILES string of the molecule is CC(C)[C@@H]1Oc2ccc(N)cc2N(Cc2ccccc2F)C1=O. The molecule has 0 saturated heterocycles. The first kappa shape index (κ1) is 15.3. The van der Waals surface area contributed by atoms with Crippen LogP contribution in [0.25, 0.3) is 0 Å². The summed E-state index contributed by atoms with van der Waals surface area (Å²) in [7, 11) is 0. The van der Waals surface area contributed by atoms with Crippen LogP contribution in [0.2, 0.25) is 0 Å². The quantitative estimate of drug-likeness (QED) is 0.884. The normalized spacial score (nSPS) is 17.1. The van der Waals surface area contributed by atoms with E-state index in [1.54, 1.807) is 41.3 Å². The molecule has 120 valence electrons. The molecule has 0 fully saturated rings. The molecule has 23 heavy (non-hydrogen) atoms. The predicted octanol–water partition coefficient (Wildman–Crippen LogP) is 3.36. The minimum Gasteiger partial charge on any atom is -0.478 e. The highest BCUT2D eigenvalue weighted by molar-refractivity contribution is 6.00. The van der Waals surface area contributed by atoms with Crippen LogP contribution in [0.1, 0.15) is 19.4 Å². The Morgan fingerprint density at radius 1 is 1.26 bits per heavy atom. The Morgan fingerprint density at radius 2 is 2.00 bits per heavy atom. The second-order valence-corrected chi connectivity index (χ2v) is 6.03. The van der Waals surface area contributed by atoms with Crippen LogP contribution >= 0.6 is 0 Å². The average Bonchev–Trinajstić information content (AvgIpc) is 2.51. The van der Waals surface area contributed by atoms with E-state index in [0.717, 1.165) is 0 Å². The Morgan fingerprint density at radius 3 is 2.70 bits per heavy atom. The molecule has 2 aromatic rings. The number of benzene rings is 2. The van der Waals surface area contributed by atoms with Gasteiger partial charge in [0.25, 0.3) is 5.91 Å². The fraction of sp³-hybridized carbons (Fsp3) is 0.278. The lowest BCUT2D eigenvalue weighted by Crippen LogP contribution is -2.48. The first-order valence-electron chi connectivity index (χ1n) is 7.58. The summed E-state index contributed by atoms with van der Waals surface area (Å²) in [5, 5.41) is 0. The van der Waals surface area contributed by atoms with Gasteiger partial charge in [0.2, 0.25) is 0 Å². The van der Waals surface area contributed by atoms with E-state index in [9.17, 15) is 9.18 Å². The summed E-state index contributed by atoms with van der Waals surface area (Å²) in [5.41, 5.74) is 7.40. The van der Waals surface area contributed by atoms with Gasteiger partial charge in [-0.15, -0.1) is 0 Å². The molecule has 0 aromatic heterocycles. The zero-order valence-electron chi connectivity index (χ0n) is 13.1. The van der Waals surface area contributed by atoms with Crippen LogP contribution in [0.3, 0.4) is 0 Å². The lowest BCUT2D eigenvalue weighted by molar-refractivity contribution is -0.128. The second-order valence-electron chi connectivity index (χ2n) is 6.03. The van der Waals surface area contributed by atoms with Gasteiger partial charge in [-0.05, 0) is 30.2 Å². The molecular weight excluding hydrogens is 295 g/mol. The summed E-state index contributed by atoms with van der Waals surface area (Å²) in [6, 6.07) is 11.6. The molecule has 0 aliphatic carbocycles. The van der Waals surface area contributed by atoms with Gasteiger partial charge in [0, 0.05) is 11.3 Å². The van der Waals surface area contributed by atoms with Crippen LogP contribution in [0, 0.1) is 11.7 Å². The smallest absolute Gasteiger partial charge is 0.268 e. The van der Waals surface area contributed by atoms with Crippen LogP contribution in [0.15, 0.2) is 42.5 Å². The topological polar surface area (TPSA) is 55.6 Å². The molecule has 2 N–H and O–H groups in total. The van der Waals surface area contributed by atoms with E-state index in [1.807, 2.05) is 13.8 Å². The number of hydrogen-bond acceptors (Lipinski definition) is 3. The van der Waals surface area contributed by atoms with E-state index < -0.39 is 6.10 Å². The molecule has 0 radical (unpaired) electrons. The van der Waals surface area contributed by atoms with Gasteiger partial charge in [0.05, 0.1) is 12.2 Å². The zero-order valence-corrected chi connectivity index (χ0v) is 13.1. The summed E-state index contributed by atoms with van der Waals surface area (Å²) in [6.07, 6.45) is -0.585. The van der Waals surface area contributed by atoms with E-state index >= 15 is 0 Å². The van der Waals surface area contributed by atoms with Crippen LogP contribution < -0.4 is 15.4 Å². The molecule has 0 unspecified atom stereocenters. The third-order valence-electron chi connectivity index (χ3n) is 3.93. The number of halogens is 1. The second kappa shape index (κ2) is 5.91. The molecule has 1 heterocycles. The number of nitrogens with two attached hydrogens (primary N) is 1. The highest BCUT2D eigenvalue weighted by atomic mass is 19.1. The monoisotopic (exact) mass is 314 g/mol. The number of anilines is 2. The first-order valence-corrected chi connectivity index (χ1v) is 7.58. The number of hydrogen-bond donors (Lipinski definition) is 1. The number of rotatable bonds is 3. The van der Waals surface area contributed by atoms with Crippen molar-refractivity contribution in [2.24, 2.45) is 5.92 Å². The number of fused-ring (bicyclic) bond motifs is 1. The van der Waals surface area contributed by atoms with E-state index in [0.29, 0.717) is 22.7 Å². The lowest BCUT2D eigenvalue weighted by atomic mass is 10.0. The van der Waals surface area contributed by atoms with Crippen molar-refractivity contribution in [1.29, 1.82) is 0 Å². The number of nitrogens with zero attached hydrogens (tertiary/aromatic N) is 1. The maximum absolute atomic E-state index is 14.0. The van der Waals surface area contributed by atoms with Crippen molar-refractivity contribution in [2.45, 2.75) is 26.5 Å². The van der Waals surface area contributed by atoms with Gasteiger partial charge in [0.15, 0.2) is 6.10 Å². The van der Waals surface area contributed by atoms with Gasteiger partial charge < -0.3 is 15.4 Å². The third-order valence-corrected chi connectivity index (χ3v) is 3.93. The van der Waals surface area contributed by atoms with Gasteiger partial charge >= 0.3 is 0 Å². The summed E-state index contributed by atoms with van der Waals surface area (Å²) in [5.74, 6) is 0.0878. The fourth-order valence-electron chi connectivity index (χ4n) is 2.69. The van der Waals surface area contributed by atoms with E-state index in [2.05, 4.69) is 0 Å². The first-order chi connectivity index (χ1) is 11.0. The summed E-state index contributed by atoms with van der Waals surface area (Å²) in [6.45, 7) is 3.99. The standard InChI is InChI=1S/C18H19FN2O2/c1-11(2)17-18(22)21(10-12-5-3-4-6-14(12)19)15-9-13(20)7-8-16(15)23-17/h3-9,11,17H,10,20H2,1-2H3/t17-/m0/s1. The molecule has 1 aliphatic heterocycles. The molecular formula is C18H19FN2O2. The molecule has 0 saturated carbocycles. The van der Waals surface area contributed by atoms with E-state index in [-0.39, 0.29) is 24.2 Å². The van der Waals surface area contributed by atoms with Crippen LogP contribution in [-0.4, -0.2) is 12.0 Å². The van der Waals surface area contributed by atoms with Crippen LogP contribution in [-0.2, 0) is 11.3 Å². The maximum Gasteiger partial charge on any atom is 0.268 e. The Kier molecular flexibility index (Phi) is 3.94. The fourth-order valence-corrected chi connectivity index (χ4v) is 2.69. The number of nitrogen functional groups attached to an aromatic ring is 1. The molecule has 5 heteroatoms. The largest absolute Gasteiger partial charge is 0.478 e. The summed E-state index contributed by atoms with van der Waals surface area (Å²) in [4.78, 5) is 14.3. The lowest BCUT2D eigenvalue weighted by Gasteiger charge is -2.36. The number of amides is 1. The van der Waals surface area contributed by atoms with E-state index in [1.165, 1.54) is 6.07 Å². The zero-order chi connectivity index (χ0) is 16.6. The average molecular weight is 314 g/mol. The molecule has 4 nitrogen and oxygen atoms in total. The van der Waals surface area contributed by atoms with Crippen LogP contribution in [0.5, 0.6) is 5.75 Å². The number of carbonyl (C=O) groups is 1. The molecule has 1 aliphatic rings. The highest BCUT2D eigenvalue weighted by Gasteiger charge is 2.36. The van der Waals surface area contributed by atoms with Crippen molar-refractivity contribution < 1.29 is 13.9 Å². The molecule has 0 bridgehead atoms. The molecule has 1 amide bonds. The number of ether oxygens (including phenoxy) is 1. The van der Waals surface area contributed by atoms with Crippen molar-refractivity contribution in [3.8, 4) is 5.75 Å². The Balaban J connectivity index is 2.04. The van der Waals surface area contributed by atoms with Gasteiger partial charge in [-0.25, -0.2) is 4.39 Å². The van der Waals surface area contributed by atoms with Crippen molar-refractivity contribution in [3.05, 3.63) is 53.8 Å². The van der Waals surface area contributed by atoms with Gasteiger partial charge in [-0.3, -0.25) is 4.79 Å². The third kappa shape index (κ3) is 2.86. The minimum absolute atomic E-state index is 0.0105. The minimum atomic E-state index is -0.585. The maximum atomic E-state index is 14.0. The molecule has 1 atom stereocenters. The van der Waals surface area contributed by atoms with Crippen molar-refractivity contribution in [3.63, 3.8) is 0 Å². The van der Waals surface area contributed by atoms with Gasteiger partial charge in [-0.1, -0.05) is 32.0 Å². The summed E-state index contributed by atoms with van der Waals surface area (Å²) < 4.78 is 19.8. The van der Waals surface area contributed by atoms with Crippen LogP contribution in [0.4, 0.5) is 15.8 Å². The van der Waals surface area contributed by atoms with Crippen molar-refractivity contribution in [1.82, 2.24) is 0 Å². The van der Waals surface area contributed by atoms with Crippen molar-refractivity contribution in [2.75, 3.05) is 10.6 Å². The molecule has 3 rings (SSSR count). The predicted molar refractivity (Wildman–Crippen MR) is 87.7 cm³/mol. The summed E-state index contributed by atoms with van der Waals surface area (Å²) >= 11 is 0.